The zero-order valence-corrected chi connectivity index (χ0v) is 16.2. The number of hydrogen-bond acceptors (Lipinski definition) is 5. The van der Waals surface area contributed by atoms with Crippen LogP contribution in [0, 0.1) is 6.92 Å². The lowest BCUT2D eigenvalue weighted by atomic mass is 10.2. The van der Waals surface area contributed by atoms with Crippen LogP contribution in [-0.2, 0) is 0 Å². The number of amides is 2. The van der Waals surface area contributed by atoms with Gasteiger partial charge < -0.3 is 16.0 Å². The molecule has 0 spiro atoms. The molecule has 0 saturated carbocycles. The molecule has 0 atom stereocenters. The van der Waals surface area contributed by atoms with Gasteiger partial charge in [-0.1, -0.05) is 18.2 Å². The summed E-state index contributed by atoms with van der Waals surface area (Å²) < 4.78 is 25.4. The van der Waals surface area contributed by atoms with Crippen LogP contribution in [0.25, 0.3) is 0 Å². The number of anilines is 3. The molecule has 0 aliphatic heterocycles. The van der Waals surface area contributed by atoms with Crippen LogP contribution in [0.5, 0.6) is 0 Å². The monoisotopic (exact) mass is 411 g/mol. The van der Waals surface area contributed by atoms with Gasteiger partial charge in [-0.2, -0.15) is 0 Å². The SMILES string of the molecule is CNC(=O)c1cnc(Nc2ccccc2C)c(NC(=O)c2ccc(C(F)F)cn2)c1. The standard InChI is InChI=1S/C21H19F2N5O2/c1-12-5-3-4-6-15(12)27-19-17(9-14(11-26-19)20(29)24-2)28-21(30)16-8-7-13(10-25-16)18(22)23/h3-11,18H,1-2H3,(H,24,29)(H,26,27)(H,28,30). The van der Waals surface area contributed by atoms with Crippen LogP contribution in [-0.4, -0.2) is 28.8 Å². The fourth-order valence-corrected chi connectivity index (χ4v) is 2.62. The van der Waals surface area contributed by atoms with Crippen LogP contribution >= 0.6 is 0 Å². The Morgan fingerprint density at radius 3 is 2.37 bits per heavy atom. The van der Waals surface area contributed by atoms with Crippen molar-refractivity contribution in [2.24, 2.45) is 0 Å². The molecule has 0 aliphatic rings. The van der Waals surface area contributed by atoms with Gasteiger partial charge in [0.1, 0.15) is 5.69 Å². The Kier molecular flexibility index (Phi) is 6.31. The van der Waals surface area contributed by atoms with E-state index < -0.39 is 12.3 Å². The quantitative estimate of drug-likeness (QED) is 0.568. The predicted molar refractivity (Wildman–Crippen MR) is 109 cm³/mol. The van der Waals surface area contributed by atoms with E-state index in [0.717, 1.165) is 23.5 Å². The number of para-hydroxylation sites is 1. The van der Waals surface area contributed by atoms with Crippen molar-refractivity contribution in [2.75, 3.05) is 17.7 Å². The number of carbonyl (C=O) groups excluding carboxylic acids is 2. The number of aryl methyl sites for hydroxylation is 1. The molecule has 3 rings (SSSR count). The molecule has 0 aliphatic carbocycles. The first-order valence-corrected chi connectivity index (χ1v) is 8.99. The average molecular weight is 411 g/mol. The summed E-state index contributed by atoms with van der Waals surface area (Å²) in [5.74, 6) is -0.686. The number of rotatable bonds is 6. The minimum Gasteiger partial charge on any atom is -0.355 e. The van der Waals surface area contributed by atoms with Gasteiger partial charge in [-0.05, 0) is 36.8 Å². The topological polar surface area (TPSA) is 96.0 Å². The number of halogens is 2. The van der Waals surface area contributed by atoms with E-state index in [0.29, 0.717) is 5.82 Å². The van der Waals surface area contributed by atoms with Gasteiger partial charge in [0.25, 0.3) is 18.2 Å². The number of nitrogens with zero attached hydrogens (tertiary/aromatic N) is 2. The van der Waals surface area contributed by atoms with E-state index in [4.69, 9.17) is 0 Å². The highest BCUT2D eigenvalue weighted by atomic mass is 19.3. The van der Waals surface area contributed by atoms with Crippen molar-refractivity contribution in [3.05, 3.63) is 77.2 Å². The highest BCUT2D eigenvalue weighted by Crippen LogP contribution is 2.27. The third-order valence-corrected chi connectivity index (χ3v) is 4.29. The number of benzene rings is 1. The van der Waals surface area contributed by atoms with Crippen molar-refractivity contribution >= 4 is 29.0 Å². The second-order valence-electron chi connectivity index (χ2n) is 6.37. The Morgan fingerprint density at radius 2 is 1.73 bits per heavy atom. The van der Waals surface area contributed by atoms with E-state index in [-0.39, 0.29) is 28.4 Å². The molecule has 0 bridgehead atoms. The van der Waals surface area contributed by atoms with Crippen molar-refractivity contribution in [1.29, 1.82) is 0 Å². The van der Waals surface area contributed by atoms with E-state index in [1.807, 2.05) is 31.2 Å². The van der Waals surface area contributed by atoms with Gasteiger partial charge in [-0.3, -0.25) is 14.6 Å². The van der Waals surface area contributed by atoms with E-state index in [9.17, 15) is 18.4 Å². The summed E-state index contributed by atoms with van der Waals surface area (Å²) in [5, 5.41) is 8.26. The first-order chi connectivity index (χ1) is 14.4. The van der Waals surface area contributed by atoms with Gasteiger partial charge in [-0.15, -0.1) is 0 Å². The minimum atomic E-state index is -2.67. The molecule has 0 fully saturated rings. The molecule has 7 nitrogen and oxygen atoms in total. The van der Waals surface area contributed by atoms with Crippen LogP contribution in [0.15, 0.2) is 54.9 Å². The molecule has 1 aromatic carbocycles. The first-order valence-electron chi connectivity index (χ1n) is 8.99. The summed E-state index contributed by atoms with van der Waals surface area (Å²) in [6.45, 7) is 1.91. The molecule has 2 heterocycles. The molecule has 2 aromatic heterocycles. The second kappa shape index (κ2) is 9.08. The van der Waals surface area contributed by atoms with Gasteiger partial charge in [0.2, 0.25) is 0 Å². The highest BCUT2D eigenvalue weighted by molar-refractivity contribution is 6.05. The van der Waals surface area contributed by atoms with Gasteiger partial charge in [0, 0.05) is 30.7 Å². The maximum absolute atomic E-state index is 12.7. The van der Waals surface area contributed by atoms with Crippen LogP contribution < -0.4 is 16.0 Å². The lowest BCUT2D eigenvalue weighted by molar-refractivity contribution is 0.0961. The van der Waals surface area contributed by atoms with Crippen LogP contribution in [0.1, 0.15) is 38.4 Å². The van der Waals surface area contributed by atoms with Crippen molar-refractivity contribution in [1.82, 2.24) is 15.3 Å². The van der Waals surface area contributed by atoms with E-state index in [1.165, 1.54) is 25.4 Å². The molecule has 0 radical (unpaired) electrons. The molecule has 3 N–H and O–H groups in total. The lowest BCUT2D eigenvalue weighted by Gasteiger charge is -2.15. The van der Waals surface area contributed by atoms with E-state index in [1.54, 1.807) is 0 Å². The first kappa shape index (κ1) is 20.8. The summed E-state index contributed by atoms with van der Waals surface area (Å²) in [7, 11) is 1.48. The van der Waals surface area contributed by atoms with Gasteiger partial charge in [-0.25, -0.2) is 13.8 Å². The number of pyridine rings is 2. The van der Waals surface area contributed by atoms with Gasteiger partial charge in [0.05, 0.1) is 11.3 Å². The zero-order chi connectivity index (χ0) is 21.7. The molecule has 154 valence electrons. The Hall–Kier alpha value is -3.88. The molecule has 3 aromatic rings. The third kappa shape index (κ3) is 4.75. The highest BCUT2D eigenvalue weighted by Gasteiger charge is 2.16. The zero-order valence-electron chi connectivity index (χ0n) is 16.2. The van der Waals surface area contributed by atoms with Crippen molar-refractivity contribution in [2.45, 2.75) is 13.3 Å². The minimum absolute atomic E-state index is 0.0495. The van der Waals surface area contributed by atoms with E-state index >= 15 is 0 Å². The van der Waals surface area contributed by atoms with Gasteiger partial charge >= 0.3 is 0 Å². The maximum Gasteiger partial charge on any atom is 0.274 e. The molecule has 0 saturated heterocycles. The fraction of sp³-hybridized carbons (Fsp3) is 0.143. The van der Waals surface area contributed by atoms with Crippen LogP contribution in [0.4, 0.5) is 26.0 Å². The second-order valence-corrected chi connectivity index (χ2v) is 6.37. The Labute approximate surface area is 171 Å². The van der Waals surface area contributed by atoms with Crippen molar-refractivity contribution < 1.29 is 18.4 Å². The fourth-order valence-electron chi connectivity index (χ4n) is 2.62. The maximum atomic E-state index is 12.7. The summed E-state index contributed by atoms with van der Waals surface area (Å²) in [6, 6.07) is 11.3. The largest absolute Gasteiger partial charge is 0.355 e. The Bertz CT molecular complexity index is 1070. The smallest absolute Gasteiger partial charge is 0.274 e. The Balaban J connectivity index is 1.92. The number of carbonyl (C=O) groups is 2. The van der Waals surface area contributed by atoms with Crippen LogP contribution in [0.2, 0.25) is 0 Å². The van der Waals surface area contributed by atoms with Crippen molar-refractivity contribution in [3.8, 4) is 0 Å². The number of nitrogens with one attached hydrogen (secondary N) is 3. The van der Waals surface area contributed by atoms with Gasteiger partial charge in [0.15, 0.2) is 5.82 Å². The van der Waals surface area contributed by atoms with Crippen molar-refractivity contribution in [3.63, 3.8) is 0 Å². The van der Waals surface area contributed by atoms with E-state index in [2.05, 4.69) is 25.9 Å². The summed E-state index contributed by atoms with van der Waals surface area (Å²) in [5.41, 5.74) is 1.88. The lowest BCUT2D eigenvalue weighted by Crippen LogP contribution is -2.20. The molecule has 9 heteroatoms. The number of hydrogen-bond donors (Lipinski definition) is 3. The summed E-state index contributed by atoms with van der Waals surface area (Å²) in [4.78, 5) is 32.6. The summed E-state index contributed by atoms with van der Waals surface area (Å²) in [6.07, 6.45) is -0.344. The third-order valence-electron chi connectivity index (χ3n) is 4.29. The normalized spacial score (nSPS) is 10.6. The number of alkyl halides is 2. The number of aromatic nitrogens is 2. The molecule has 2 amide bonds. The van der Waals surface area contributed by atoms with Crippen LogP contribution in [0.3, 0.4) is 0 Å². The molecule has 30 heavy (non-hydrogen) atoms. The molecular weight excluding hydrogens is 392 g/mol. The molecular formula is C21H19F2N5O2. The summed E-state index contributed by atoms with van der Waals surface area (Å²) >= 11 is 0. The molecule has 0 unspecified atom stereocenters. The average Bonchev–Trinajstić information content (AvgIpc) is 2.75. The Morgan fingerprint density at radius 1 is 0.967 bits per heavy atom. The predicted octanol–water partition coefficient (Wildman–Crippen LogP) is 4.08.